The Morgan fingerprint density at radius 1 is 1.40 bits per heavy atom. The van der Waals surface area contributed by atoms with Crippen molar-refractivity contribution in [3.05, 3.63) is 30.3 Å². The van der Waals surface area contributed by atoms with Gasteiger partial charge in [0.2, 0.25) is 11.7 Å². The van der Waals surface area contributed by atoms with Gasteiger partial charge in [0.05, 0.1) is 0 Å². The summed E-state index contributed by atoms with van der Waals surface area (Å²) in [5.41, 5.74) is 6.25. The van der Waals surface area contributed by atoms with Crippen LogP contribution in [-0.2, 0) is 4.79 Å². The summed E-state index contributed by atoms with van der Waals surface area (Å²) in [6.45, 7) is 2.84. The third-order valence-electron chi connectivity index (χ3n) is 2.87. The van der Waals surface area contributed by atoms with Gasteiger partial charge in [0, 0.05) is 12.1 Å². The quantitative estimate of drug-likeness (QED) is 0.741. The first-order chi connectivity index (χ1) is 9.72. The predicted molar refractivity (Wildman–Crippen MR) is 74.6 cm³/mol. The molecule has 0 aliphatic carbocycles. The number of amides is 1. The Hall–Kier alpha value is -2.28. The highest BCUT2D eigenvalue weighted by Crippen LogP contribution is 2.13. The van der Waals surface area contributed by atoms with E-state index in [1.807, 2.05) is 30.3 Å². The molecule has 1 aromatic heterocycles. The smallest absolute Gasteiger partial charge is 0.246 e. The summed E-state index contributed by atoms with van der Waals surface area (Å²) in [4.78, 5) is 13.2. The summed E-state index contributed by atoms with van der Waals surface area (Å²) in [6, 6.07) is 9.01. The maximum Gasteiger partial charge on any atom is 0.246 e. The van der Waals surface area contributed by atoms with Crippen molar-refractivity contribution in [2.75, 3.05) is 13.1 Å². The lowest BCUT2D eigenvalue weighted by Crippen LogP contribution is -2.33. The fourth-order valence-electron chi connectivity index (χ4n) is 1.66. The van der Waals surface area contributed by atoms with Gasteiger partial charge in [-0.3, -0.25) is 4.79 Å². The molecule has 0 bridgehead atoms. The van der Waals surface area contributed by atoms with Crippen molar-refractivity contribution >= 4 is 5.91 Å². The minimum absolute atomic E-state index is 0.143. The summed E-state index contributed by atoms with van der Waals surface area (Å²) in [5.74, 6) is 0.364. The molecule has 2 aromatic rings. The molecular weight excluding hydrogens is 256 g/mol. The number of carbonyl (C=O) groups excluding carboxylic acids is 1. The molecule has 3 N–H and O–H groups in total. The second kappa shape index (κ2) is 6.76. The summed E-state index contributed by atoms with van der Waals surface area (Å²) in [5, 5.41) is 14.9. The van der Waals surface area contributed by atoms with E-state index in [0.29, 0.717) is 18.9 Å². The molecule has 1 heterocycles. The second-order valence-corrected chi connectivity index (χ2v) is 4.41. The Balaban J connectivity index is 2.03. The Labute approximate surface area is 117 Å². The lowest BCUT2D eigenvalue weighted by Gasteiger charge is -2.10. The molecule has 0 radical (unpaired) electrons. The zero-order valence-corrected chi connectivity index (χ0v) is 11.4. The number of hydrogen-bond acceptors (Lipinski definition) is 5. The van der Waals surface area contributed by atoms with Gasteiger partial charge in [-0.1, -0.05) is 30.3 Å². The van der Waals surface area contributed by atoms with Crippen molar-refractivity contribution in [1.29, 1.82) is 0 Å². The number of hydrogen-bond donors (Lipinski definition) is 2. The van der Waals surface area contributed by atoms with Crippen LogP contribution in [0.3, 0.4) is 0 Å². The number of nitrogens with two attached hydrogens (primary N) is 1. The average Bonchev–Trinajstić information content (AvgIpc) is 2.97. The highest BCUT2D eigenvalue weighted by molar-refractivity contribution is 5.79. The summed E-state index contributed by atoms with van der Waals surface area (Å²) in [6.07, 6.45) is 0.749. The molecule has 0 spiro atoms. The van der Waals surface area contributed by atoms with E-state index in [2.05, 4.69) is 20.7 Å². The van der Waals surface area contributed by atoms with E-state index in [-0.39, 0.29) is 5.91 Å². The molecule has 20 heavy (non-hydrogen) atoms. The summed E-state index contributed by atoms with van der Waals surface area (Å²) in [7, 11) is 0. The number of nitrogens with one attached hydrogen (secondary N) is 1. The number of benzene rings is 1. The number of carbonyl (C=O) groups is 1. The Bertz CT molecular complexity index is 553. The van der Waals surface area contributed by atoms with E-state index in [1.165, 1.54) is 4.80 Å². The Kier molecular flexibility index (Phi) is 4.78. The van der Waals surface area contributed by atoms with Crippen molar-refractivity contribution in [3.63, 3.8) is 0 Å². The molecule has 1 aromatic carbocycles. The highest BCUT2D eigenvalue weighted by Gasteiger charge is 2.18. The van der Waals surface area contributed by atoms with Gasteiger partial charge in [-0.15, -0.1) is 10.2 Å². The monoisotopic (exact) mass is 274 g/mol. The van der Waals surface area contributed by atoms with E-state index >= 15 is 0 Å². The van der Waals surface area contributed by atoms with Crippen LogP contribution >= 0.6 is 0 Å². The molecule has 0 saturated carbocycles. The molecule has 0 aliphatic rings. The molecule has 0 saturated heterocycles. The summed E-state index contributed by atoms with van der Waals surface area (Å²) < 4.78 is 0. The molecule has 2 rings (SSSR count). The topological polar surface area (TPSA) is 98.7 Å². The van der Waals surface area contributed by atoms with Crippen molar-refractivity contribution < 1.29 is 4.79 Å². The molecular formula is C13H18N6O. The minimum atomic E-state index is -0.502. The fraction of sp³-hybridized carbons (Fsp3) is 0.385. The Morgan fingerprint density at radius 3 is 2.85 bits per heavy atom. The molecule has 1 amide bonds. The van der Waals surface area contributed by atoms with Crippen molar-refractivity contribution in [2.45, 2.75) is 19.4 Å². The van der Waals surface area contributed by atoms with Gasteiger partial charge in [-0.25, -0.2) is 0 Å². The zero-order chi connectivity index (χ0) is 14.4. The van der Waals surface area contributed by atoms with Gasteiger partial charge in [0.25, 0.3) is 0 Å². The van der Waals surface area contributed by atoms with Gasteiger partial charge in [0.15, 0.2) is 0 Å². The normalized spacial score (nSPS) is 12.1. The van der Waals surface area contributed by atoms with E-state index in [9.17, 15) is 4.79 Å². The zero-order valence-electron chi connectivity index (χ0n) is 11.4. The van der Waals surface area contributed by atoms with E-state index in [4.69, 9.17) is 5.73 Å². The van der Waals surface area contributed by atoms with Crippen LogP contribution < -0.4 is 11.1 Å². The molecule has 7 nitrogen and oxygen atoms in total. The highest BCUT2D eigenvalue weighted by atomic mass is 16.2. The molecule has 0 aliphatic heterocycles. The van der Waals surface area contributed by atoms with Crippen LogP contribution in [-0.4, -0.2) is 39.2 Å². The third kappa shape index (κ3) is 3.39. The van der Waals surface area contributed by atoms with E-state index in [0.717, 1.165) is 12.0 Å². The fourth-order valence-corrected chi connectivity index (χ4v) is 1.66. The van der Waals surface area contributed by atoms with Crippen LogP contribution in [0.25, 0.3) is 11.4 Å². The maximum atomic E-state index is 11.9. The average molecular weight is 274 g/mol. The first-order valence-corrected chi connectivity index (χ1v) is 6.55. The van der Waals surface area contributed by atoms with E-state index < -0.39 is 6.04 Å². The SMILES string of the molecule is CC(C(=O)NCCCN)n1nnc(-c2ccccc2)n1. The van der Waals surface area contributed by atoms with Crippen LogP contribution in [0.1, 0.15) is 19.4 Å². The molecule has 0 fully saturated rings. The van der Waals surface area contributed by atoms with E-state index in [1.54, 1.807) is 6.92 Å². The number of rotatable bonds is 6. The third-order valence-corrected chi connectivity index (χ3v) is 2.87. The van der Waals surface area contributed by atoms with Crippen LogP contribution in [0.2, 0.25) is 0 Å². The van der Waals surface area contributed by atoms with Crippen molar-refractivity contribution in [1.82, 2.24) is 25.5 Å². The first kappa shape index (κ1) is 14.1. The van der Waals surface area contributed by atoms with Crippen LogP contribution in [0, 0.1) is 0 Å². The standard InChI is InChI=1S/C13H18N6O/c1-10(13(20)15-9-5-8-14)19-17-12(16-18-19)11-6-3-2-4-7-11/h2-4,6-7,10H,5,8-9,14H2,1H3,(H,15,20). The largest absolute Gasteiger partial charge is 0.354 e. The van der Waals surface area contributed by atoms with Crippen LogP contribution in [0.5, 0.6) is 0 Å². The molecule has 1 atom stereocenters. The number of tetrazole rings is 1. The van der Waals surface area contributed by atoms with Gasteiger partial charge < -0.3 is 11.1 Å². The van der Waals surface area contributed by atoms with Crippen LogP contribution in [0.4, 0.5) is 0 Å². The van der Waals surface area contributed by atoms with Gasteiger partial charge in [-0.2, -0.15) is 4.80 Å². The first-order valence-electron chi connectivity index (χ1n) is 6.55. The number of aromatic nitrogens is 4. The minimum Gasteiger partial charge on any atom is -0.354 e. The Morgan fingerprint density at radius 2 is 2.15 bits per heavy atom. The number of nitrogens with zero attached hydrogens (tertiary/aromatic N) is 4. The van der Waals surface area contributed by atoms with Crippen molar-refractivity contribution in [3.8, 4) is 11.4 Å². The van der Waals surface area contributed by atoms with Crippen LogP contribution in [0.15, 0.2) is 30.3 Å². The van der Waals surface area contributed by atoms with Crippen molar-refractivity contribution in [2.24, 2.45) is 5.73 Å². The van der Waals surface area contributed by atoms with Gasteiger partial charge in [-0.05, 0) is 25.1 Å². The van der Waals surface area contributed by atoms with Gasteiger partial charge >= 0.3 is 0 Å². The maximum absolute atomic E-state index is 11.9. The second-order valence-electron chi connectivity index (χ2n) is 4.41. The summed E-state index contributed by atoms with van der Waals surface area (Å²) >= 11 is 0. The lowest BCUT2D eigenvalue weighted by molar-refractivity contribution is -0.124. The molecule has 1 unspecified atom stereocenters. The lowest BCUT2D eigenvalue weighted by atomic mass is 10.2. The predicted octanol–water partition coefficient (Wildman–Crippen LogP) is 0.366. The molecule has 106 valence electrons. The molecule has 7 heteroatoms. The van der Waals surface area contributed by atoms with Gasteiger partial charge in [0.1, 0.15) is 6.04 Å².